The van der Waals surface area contributed by atoms with Crippen molar-refractivity contribution in [3.63, 3.8) is 0 Å². The van der Waals surface area contributed by atoms with Crippen molar-refractivity contribution in [3.05, 3.63) is 113 Å². The summed E-state index contributed by atoms with van der Waals surface area (Å²) in [5, 5.41) is 3.40. The minimum atomic E-state index is -1.21. The van der Waals surface area contributed by atoms with Crippen molar-refractivity contribution in [2.75, 3.05) is 38.1 Å². The summed E-state index contributed by atoms with van der Waals surface area (Å²) >= 11 is 6.13. The molecule has 1 unspecified atom stereocenters. The van der Waals surface area contributed by atoms with E-state index in [1.54, 1.807) is 91.0 Å². The molecule has 0 fully saturated rings. The van der Waals surface area contributed by atoms with E-state index in [-0.39, 0.29) is 12.1 Å². The summed E-state index contributed by atoms with van der Waals surface area (Å²) in [6.07, 6.45) is 0. The summed E-state index contributed by atoms with van der Waals surface area (Å²) in [7, 11) is 4.48. The Morgan fingerprint density at radius 1 is 0.844 bits per heavy atom. The maximum absolute atomic E-state index is 14.3. The molecule has 1 N–H and O–H groups in total. The van der Waals surface area contributed by atoms with Gasteiger partial charge in [0.05, 0.1) is 38.3 Å². The number of methoxy groups -OCH3 is 3. The lowest BCUT2D eigenvalue weighted by Gasteiger charge is -2.33. The summed E-state index contributed by atoms with van der Waals surface area (Å²) in [6, 6.07) is 23.9. The molecular weight excluding hydrogens is 598 g/mol. The molecule has 4 aromatic rings. The Hall–Kier alpha value is -5.35. The van der Waals surface area contributed by atoms with Crippen molar-refractivity contribution in [2.45, 2.75) is 12.6 Å². The van der Waals surface area contributed by atoms with Crippen LogP contribution in [0.2, 0.25) is 5.02 Å². The van der Waals surface area contributed by atoms with E-state index in [1.165, 1.54) is 26.2 Å². The molecule has 0 aliphatic carbocycles. The lowest BCUT2D eigenvalue weighted by molar-refractivity contribution is -0.139. The smallest absolute Gasteiger partial charge is 0.299 e. The summed E-state index contributed by atoms with van der Waals surface area (Å²) < 4.78 is 16.2. The van der Waals surface area contributed by atoms with Gasteiger partial charge < -0.3 is 24.4 Å². The average Bonchev–Trinajstić information content (AvgIpc) is 3.30. The Labute approximate surface area is 265 Å². The molecule has 45 heavy (non-hydrogen) atoms. The Morgan fingerprint density at radius 3 is 2.27 bits per heavy atom. The maximum Gasteiger partial charge on any atom is 0.299 e. The molecule has 0 radical (unpaired) electrons. The van der Waals surface area contributed by atoms with Crippen LogP contribution in [0.3, 0.4) is 0 Å². The Balaban J connectivity index is 1.58. The van der Waals surface area contributed by atoms with Gasteiger partial charge in [-0.25, -0.2) is 0 Å². The first kappa shape index (κ1) is 31.1. The van der Waals surface area contributed by atoms with Crippen LogP contribution in [-0.4, -0.2) is 56.3 Å². The lowest BCUT2D eigenvalue weighted by Crippen LogP contribution is -2.46. The standard InChI is InChI=1S/C34H30ClN3O7/c1-43-24-8-6-7-22(17-24)31(33(41)36-27-16-15-25(44-2)18-29(27)45-3)38(19-21-11-13-23(35)14-12-21)30(39)20-37-28-10-5-4-9-26(28)32(40)34(37)42/h4-18,31H,19-20H2,1-3H3,(H,36,41). The zero-order chi connectivity index (χ0) is 32.1. The van der Waals surface area contributed by atoms with Crippen LogP contribution in [0.1, 0.15) is 27.5 Å². The Bertz CT molecular complexity index is 1760. The van der Waals surface area contributed by atoms with Crippen LogP contribution in [0.25, 0.3) is 0 Å². The van der Waals surface area contributed by atoms with Crippen LogP contribution in [0.4, 0.5) is 11.4 Å². The van der Waals surface area contributed by atoms with Gasteiger partial charge in [-0.1, -0.05) is 48.0 Å². The van der Waals surface area contributed by atoms with Crippen molar-refractivity contribution >= 4 is 46.5 Å². The molecule has 4 aromatic carbocycles. The quantitative estimate of drug-likeness (QED) is 0.224. The summed E-state index contributed by atoms with van der Waals surface area (Å²) in [6.45, 7) is -0.503. The highest BCUT2D eigenvalue weighted by molar-refractivity contribution is 6.52. The van der Waals surface area contributed by atoms with Crippen molar-refractivity contribution in [1.29, 1.82) is 0 Å². The second-order valence-electron chi connectivity index (χ2n) is 10.1. The number of rotatable bonds is 11. The maximum atomic E-state index is 14.3. The van der Waals surface area contributed by atoms with Gasteiger partial charge in [0.1, 0.15) is 29.8 Å². The predicted octanol–water partition coefficient (Wildman–Crippen LogP) is 5.30. The van der Waals surface area contributed by atoms with Gasteiger partial charge in [-0.2, -0.15) is 0 Å². The number of anilines is 2. The molecule has 10 nitrogen and oxygen atoms in total. The zero-order valence-electron chi connectivity index (χ0n) is 24.8. The van der Waals surface area contributed by atoms with E-state index in [9.17, 15) is 19.2 Å². The summed E-state index contributed by atoms with van der Waals surface area (Å²) in [4.78, 5) is 56.8. The highest BCUT2D eigenvalue weighted by Crippen LogP contribution is 2.34. The third-order valence-electron chi connectivity index (χ3n) is 7.39. The van der Waals surface area contributed by atoms with E-state index in [4.69, 9.17) is 25.8 Å². The first-order valence-electron chi connectivity index (χ1n) is 13.9. The summed E-state index contributed by atoms with van der Waals surface area (Å²) in [5.74, 6) is -1.30. The van der Waals surface area contributed by atoms with Crippen LogP contribution in [0.5, 0.6) is 17.2 Å². The molecule has 0 aromatic heterocycles. The molecule has 1 atom stereocenters. The minimum absolute atomic E-state index is 0.0251. The Morgan fingerprint density at radius 2 is 1.56 bits per heavy atom. The largest absolute Gasteiger partial charge is 0.497 e. The molecule has 230 valence electrons. The topological polar surface area (TPSA) is 114 Å². The number of ketones is 1. The number of hydrogen-bond donors (Lipinski definition) is 1. The number of nitrogens with one attached hydrogen (secondary N) is 1. The second kappa shape index (κ2) is 13.5. The van der Waals surface area contributed by atoms with Crippen molar-refractivity contribution in [2.24, 2.45) is 0 Å². The molecule has 0 bridgehead atoms. The fourth-order valence-electron chi connectivity index (χ4n) is 5.13. The number of carbonyl (C=O) groups is 4. The van der Waals surface area contributed by atoms with Gasteiger partial charge in [-0.15, -0.1) is 0 Å². The molecule has 0 saturated carbocycles. The molecule has 1 aliphatic heterocycles. The van der Waals surface area contributed by atoms with Crippen LogP contribution >= 0.6 is 11.6 Å². The molecule has 0 spiro atoms. The van der Waals surface area contributed by atoms with E-state index < -0.39 is 36.1 Å². The molecule has 11 heteroatoms. The normalized spacial score (nSPS) is 12.8. The minimum Gasteiger partial charge on any atom is -0.497 e. The highest BCUT2D eigenvalue weighted by atomic mass is 35.5. The number of fused-ring (bicyclic) bond motifs is 1. The number of hydrogen-bond acceptors (Lipinski definition) is 7. The predicted molar refractivity (Wildman–Crippen MR) is 169 cm³/mol. The molecule has 1 heterocycles. The lowest BCUT2D eigenvalue weighted by atomic mass is 10.0. The van der Waals surface area contributed by atoms with Gasteiger partial charge >= 0.3 is 0 Å². The summed E-state index contributed by atoms with van der Waals surface area (Å²) in [5.41, 5.74) is 2.03. The van der Waals surface area contributed by atoms with Crippen LogP contribution in [-0.2, 0) is 20.9 Å². The van der Waals surface area contributed by atoms with E-state index in [0.29, 0.717) is 44.8 Å². The highest BCUT2D eigenvalue weighted by Gasteiger charge is 2.39. The second-order valence-corrected chi connectivity index (χ2v) is 10.6. The van der Waals surface area contributed by atoms with Crippen LogP contribution in [0.15, 0.2) is 91.0 Å². The average molecular weight is 628 g/mol. The number of ether oxygens (including phenoxy) is 3. The molecule has 1 aliphatic rings. The number of halogens is 1. The van der Waals surface area contributed by atoms with Gasteiger partial charge in [0.2, 0.25) is 5.91 Å². The first-order valence-corrected chi connectivity index (χ1v) is 14.3. The molecule has 3 amide bonds. The van der Waals surface area contributed by atoms with E-state index in [2.05, 4.69) is 5.32 Å². The fourth-order valence-corrected chi connectivity index (χ4v) is 5.25. The molecule has 0 saturated heterocycles. The molecule has 5 rings (SSSR count). The monoisotopic (exact) mass is 627 g/mol. The van der Waals surface area contributed by atoms with E-state index >= 15 is 0 Å². The number of carbonyl (C=O) groups excluding carboxylic acids is 4. The van der Waals surface area contributed by atoms with Crippen molar-refractivity contribution < 1.29 is 33.4 Å². The van der Waals surface area contributed by atoms with Gasteiger partial charge in [-0.05, 0) is 59.7 Å². The van der Waals surface area contributed by atoms with E-state index in [0.717, 1.165) is 4.90 Å². The third-order valence-corrected chi connectivity index (χ3v) is 7.65. The van der Waals surface area contributed by atoms with Gasteiger partial charge in [0, 0.05) is 17.6 Å². The van der Waals surface area contributed by atoms with Crippen molar-refractivity contribution in [3.8, 4) is 17.2 Å². The number of benzene rings is 4. The van der Waals surface area contributed by atoms with Crippen molar-refractivity contribution in [1.82, 2.24) is 4.90 Å². The Kier molecular flexibility index (Phi) is 9.34. The number of amides is 3. The number of nitrogens with zero attached hydrogens (tertiary/aromatic N) is 2. The van der Waals surface area contributed by atoms with Gasteiger partial charge in [-0.3, -0.25) is 24.1 Å². The number of Topliss-reactive ketones (excluding diaryl/α,β-unsaturated/α-hetero) is 1. The number of para-hydroxylation sites is 1. The van der Waals surface area contributed by atoms with Crippen LogP contribution in [0, 0.1) is 0 Å². The first-order chi connectivity index (χ1) is 21.7. The third kappa shape index (κ3) is 6.61. The van der Waals surface area contributed by atoms with Gasteiger partial charge in [0.25, 0.3) is 17.6 Å². The fraction of sp³-hybridized carbons (Fsp3) is 0.176. The zero-order valence-corrected chi connectivity index (χ0v) is 25.5. The SMILES string of the molecule is COc1cccc(C(C(=O)Nc2ccc(OC)cc2OC)N(Cc2ccc(Cl)cc2)C(=O)CN2C(=O)C(=O)c3ccccc32)c1. The molecular formula is C34H30ClN3O7. The van der Waals surface area contributed by atoms with E-state index in [1.807, 2.05) is 0 Å². The van der Waals surface area contributed by atoms with Crippen LogP contribution < -0.4 is 24.4 Å². The van der Waals surface area contributed by atoms with Gasteiger partial charge in [0.15, 0.2) is 0 Å².